The number of nitriles is 1. The van der Waals surface area contributed by atoms with Crippen LogP contribution in [0.3, 0.4) is 0 Å². The molecule has 0 saturated carbocycles. The second-order valence-corrected chi connectivity index (χ2v) is 5.96. The van der Waals surface area contributed by atoms with Crippen LogP contribution in [0.1, 0.15) is 29.0 Å². The Bertz CT molecular complexity index is 700. The van der Waals surface area contributed by atoms with Gasteiger partial charge in [0.2, 0.25) is 0 Å². The number of benzene rings is 1. The summed E-state index contributed by atoms with van der Waals surface area (Å²) in [7, 11) is 0. The summed E-state index contributed by atoms with van der Waals surface area (Å²) < 4.78 is 4.89. The number of esters is 1. The number of aliphatic imine (C=N–C) groups is 1. The first kappa shape index (κ1) is 16.9. The van der Waals surface area contributed by atoms with Crippen LogP contribution in [0.5, 0.6) is 0 Å². The van der Waals surface area contributed by atoms with Gasteiger partial charge in [-0.1, -0.05) is 35.9 Å². The Kier molecular flexibility index (Phi) is 6.07. The molecule has 2 aromatic rings. The molecule has 0 N–H and O–H groups in total. The van der Waals surface area contributed by atoms with Crippen molar-refractivity contribution >= 4 is 23.5 Å². The van der Waals surface area contributed by atoms with Crippen LogP contribution in [-0.2, 0) is 9.53 Å². The van der Waals surface area contributed by atoms with Crippen LogP contribution in [0, 0.1) is 24.2 Å². The molecular formula is C18H18N2O2S. The van der Waals surface area contributed by atoms with Gasteiger partial charge in [-0.3, -0.25) is 9.79 Å². The normalized spacial score (nSPS) is 13.4. The lowest BCUT2D eigenvalue weighted by Gasteiger charge is -2.12. The quantitative estimate of drug-likeness (QED) is 0.597. The molecule has 4 nitrogen and oxygen atoms in total. The van der Waals surface area contributed by atoms with Crippen LogP contribution in [0.25, 0.3) is 0 Å². The van der Waals surface area contributed by atoms with Crippen molar-refractivity contribution in [1.82, 2.24) is 0 Å². The first-order valence-electron chi connectivity index (χ1n) is 7.35. The summed E-state index contributed by atoms with van der Waals surface area (Å²) >= 11 is 1.60. The van der Waals surface area contributed by atoms with Crippen molar-refractivity contribution in [2.45, 2.75) is 19.9 Å². The van der Waals surface area contributed by atoms with Crippen molar-refractivity contribution in [1.29, 1.82) is 5.26 Å². The molecule has 0 unspecified atom stereocenters. The zero-order chi connectivity index (χ0) is 16.7. The molecule has 0 amide bonds. The summed E-state index contributed by atoms with van der Waals surface area (Å²) in [5.41, 5.74) is 2.19. The summed E-state index contributed by atoms with van der Waals surface area (Å²) in [5, 5.41) is 11.1. The first-order chi connectivity index (χ1) is 11.2. The predicted octanol–water partition coefficient (Wildman–Crippen LogP) is 3.92. The minimum absolute atomic E-state index is 0.221. The molecule has 2 atom stereocenters. The Morgan fingerprint density at radius 3 is 2.70 bits per heavy atom. The van der Waals surface area contributed by atoms with Gasteiger partial charge in [0.25, 0.3) is 0 Å². The van der Waals surface area contributed by atoms with E-state index in [0.717, 1.165) is 10.4 Å². The van der Waals surface area contributed by atoms with E-state index in [0.29, 0.717) is 0 Å². The van der Waals surface area contributed by atoms with Gasteiger partial charge in [0.05, 0.1) is 12.7 Å². The van der Waals surface area contributed by atoms with E-state index in [-0.39, 0.29) is 12.6 Å². The van der Waals surface area contributed by atoms with Gasteiger partial charge < -0.3 is 4.74 Å². The summed E-state index contributed by atoms with van der Waals surface area (Å²) in [6.45, 7) is 3.99. The Morgan fingerprint density at radius 1 is 1.39 bits per heavy atom. The molecule has 0 bridgehead atoms. The number of aryl methyl sites for hydroxylation is 1. The second-order valence-electron chi connectivity index (χ2n) is 4.99. The van der Waals surface area contributed by atoms with Crippen molar-refractivity contribution < 1.29 is 9.53 Å². The highest BCUT2D eigenvalue weighted by Crippen LogP contribution is 2.29. The van der Waals surface area contributed by atoms with Crippen molar-refractivity contribution in [2.24, 2.45) is 10.9 Å². The number of carbonyl (C=O) groups is 1. The minimum atomic E-state index is -0.983. The van der Waals surface area contributed by atoms with Crippen molar-refractivity contribution in [3.8, 4) is 6.07 Å². The van der Waals surface area contributed by atoms with E-state index in [1.54, 1.807) is 18.3 Å². The average Bonchev–Trinajstić information content (AvgIpc) is 3.07. The maximum Gasteiger partial charge on any atom is 0.328 e. The smallest absolute Gasteiger partial charge is 0.328 e. The van der Waals surface area contributed by atoms with Gasteiger partial charge in [-0.2, -0.15) is 5.26 Å². The molecule has 0 radical (unpaired) electrons. The van der Waals surface area contributed by atoms with Crippen LogP contribution < -0.4 is 0 Å². The molecular weight excluding hydrogens is 308 g/mol. The van der Waals surface area contributed by atoms with Gasteiger partial charge in [-0.15, -0.1) is 11.3 Å². The molecule has 5 heteroatoms. The van der Waals surface area contributed by atoms with Crippen LogP contribution in [0.15, 0.2) is 46.8 Å². The fraction of sp³-hybridized carbons (Fsp3) is 0.278. The van der Waals surface area contributed by atoms with E-state index >= 15 is 0 Å². The molecule has 0 saturated heterocycles. The molecule has 1 aromatic heterocycles. The SMILES string of the molecule is CCOC(=O)[C@H](C#N)C=N[C@H](c1ccc(C)cc1)c1cccs1. The molecule has 0 aliphatic carbocycles. The van der Waals surface area contributed by atoms with Gasteiger partial charge in [-0.05, 0) is 30.9 Å². The Labute approximate surface area is 140 Å². The monoisotopic (exact) mass is 326 g/mol. The van der Waals surface area contributed by atoms with Gasteiger partial charge in [0, 0.05) is 11.1 Å². The average molecular weight is 326 g/mol. The van der Waals surface area contributed by atoms with Gasteiger partial charge >= 0.3 is 5.97 Å². The highest BCUT2D eigenvalue weighted by molar-refractivity contribution is 7.10. The van der Waals surface area contributed by atoms with E-state index in [4.69, 9.17) is 10.00 Å². The van der Waals surface area contributed by atoms with Crippen molar-refractivity contribution in [3.05, 3.63) is 57.8 Å². The van der Waals surface area contributed by atoms with Gasteiger partial charge in [-0.25, -0.2) is 0 Å². The third-order valence-corrected chi connectivity index (χ3v) is 4.19. The van der Waals surface area contributed by atoms with Crippen LogP contribution >= 0.6 is 11.3 Å². The van der Waals surface area contributed by atoms with E-state index in [2.05, 4.69) is 4.99 Å². The highest BCUT2D eigenvalue weighted by atomic mass is 32.1. The zero-order valence-corrected chi connectivity index (χ0v) is 13.9. The summed E-state index contributed by atoms with van der Waals surface area (Å²) in [4.78, 5) is 17.3. The molecule has 0 aliphatic rings. The maximum atomic E-state index is 11.7. The largest absolute Gasteiger partial charge is 0.465 e. The number of hydrogen-bond donors (Lipinski definition) is 0. The number of thiophene rings is 1. The topological polar surface area (TPSA) is 62.5 Å². The molecule has 0 spiro atoms. The zero-order valence-electron chi connectivity index (χ0n) is 13.1. The highest BCUT2D eigenvalue weighted by Gasteiger charge is 2.19. The number of ether oxygens (including phenoxy) is 1. The lowest BCUT2D eigenvalue weighted by molar-refractivity contribution is -0.143. The van der Waals surface area contributed by atoms with Crippen molar-refractivity contribution in [3.63, 3.8) is 0 Å². The van der Waals surface area contributed by atoms with E-state index in [9.17, 15) is 4.79 Å². The third-order valence-electron chi connectivity index (χ3n) is 3.27. The number of carbonyl (C=O) groups excluding carboxylic acids is 1. The molecule has 1 aromatic carbocycles. The van der Waals surface area contributed by atoms with E-state index < -0.39 is 11.9 Å². The Hall–Kier alpha value is -2.45. The van der Waals surface area contributed by atoms with Crippen LogP contribution in [0.4, 0.5) is 0 Å². The standard InChI is InChI=1S/C18H18N2O2S/c1-3-22-18(21)15(11-19)12-20-17(16-5-4-10-23-16)14-8-6-13(2)7-9-14/h4-10,12,15,17H,3H2,1-2H3/t15-,17-/m1/s1. The summed E-state index contributed by atoms with van der Waals surface area (Å²) in [6, 6.07) is 13.8. The molecule has 118 valence electrons. The number of hydrogen-bond acceptors (Lipinski definition) is 5. The Balaban J connectivity index is 2.28. The maximum absolute atomic E-state index is 11.7. The van der Waals surface area contributed by atoms with Gasteiger partial charge in [0.15, 0.2) is 5.92 Å². The fourth-order valence-electron chi connectivity index (χ4n) is 2.07. The third kappa shape index (κ3) is 4.51. The van der Waals surface area contributed by atoms with Crippen molar-refractivity contribution in [2.75, 3.05) is 6.61 Å². The molecule has 23 heavy (non-hydrogen) atoms. The predicted molar refractivity (Wildman–Crippen MR) is 91.6 cm³/mol. The molecule has 1 heterocycles. The fourth-order valence-corrected chi connectivity index (χ4v) is 2.87. The second kappa shape index (κ2) is 8.25. The molecule has 0 fully saturated rings. The van der Waals surface area contributed by atoms with E-state index in [1.165, 1.54) is 11.8 Å². The van der Waals surface area contributed by atoms with Crippen LogP contribution in [0.2, 0.25) is 0 Å². The number of rotatable bonds is 6. The van der Waals surface area contributed by atoms with E-state index in [1.807, 2.05) is 54.8 Å². The molecule has 2 rings (SSSR count). The summed E-state index contributed by atoms with van der Waals surface area (Å²) in [5.74, 6) is -1.55. The lowest BCUT2D eigenvalue weighted by Crippen LogP contribution is -2.17. The molecule has 0 aliphatic heterocycles. The number of nitrogens with zero attached hydrogens (tertiary/aromatic N) is 2. The van der Waals surface area contributed by atoms with Crippen LogP contribution in [-0.4, -0.2) is 18.8 Å². The Morgan fingerprint density at radius 2 is 2.13 bits per heavy atom. The van der Waals surface area contributed by atoms with Gasteiger partial charge in [0.1, 0.15) is 6.04 Å². The first-order valence-corrected chi connectivity index (χ1v) is 8.23. The lowest BCUT2D eigenvalue weighted by atomic mass is 10.0. The minimum Gasteiger partial charge on any atom is -0.465 e. The summed E-state index contributed by atoms with van der Waals surface area (Å²) in [6.07, 6.45) is 1.39.